The number of hydrogen-bond acceptors (Lipinski definition) is 6. The van der Waals surface area contributed by atoms with Crippen molar-refractivity contribution in [2.24, 2.45) is 0 Å². The minimum atomic E-state index is -4.01. The molecule has 0 radical (unpaired) electrons. The Balaban J connectivity index is 1.94. The second-order valence-electron chi connectivity index (χ2n) is 5.15. The number of aromatic nitrogens is 3. The molecular weight excluding hydrogens is 467 g/mol. The number of H-pyrrole nitrogens is 1. The van der Waals surface area contributed by atoms with Crippen LogP contribution in [0.4, 0.5) is 10.3 Å². The average Bonchev–Trinajstić information content (AvgIpc) is 3.09. The minimum Gasteiger partial charge on any atom is -0.484 e. The predicted molar refractivity (Wildman–Crippen MR) is 102 cm³/mol. The lowest BCUT2D eigenvalue weighted by molar-refractivity contribution is 0.256. The molecule has 0 saturated heterocycles. The van der Waals surface area contributed by atoms with Gasteiger partial charge in [-0.05, 0) is 28.1 Å². The Morgan fingerprint density at radius 2 is 2.19 bits per heavy atom. The molecule has 8 nitrogen and oxygen atoms in total. The third-order valence-corrected chi connectivity index (χ3v) is 6.21. The number of sulfonamides is 1. The van der Waals surface area contributed by atoms with Crippen molar-refractivity contribution in [3.63, 3.8) is 0 Å². The van der Waals surface area contributed by atoms with E-state index in [0.29, 0.717) is 20.4 Å². The molecule has 0 aliphatic carbocycles. The summed E-state index contributed by atoms with van der Waals surface area (Å²) in [5.41, 5.74) is 0.538. The van der Waals surface area contributed by atoms with E-state index >= 15 is 0 Å². The van der Waals surface area contributed by atoms with Crippen molar-refractivity contribution in [1.82, 2.24) is 15.0 Å². The molecule has 0 fully saturated rings. The summed E-state index contributed by atoms with van der Waals surface area (Å²) in [5.74, 6) is -0.143. The molecule has 144 valence electrons. The first-order valence-corrected chi connectivity index (χ1v) is 10.1. The van der Waals surface area contributed by atoms with Crippen molar-refractivity contribution in [2.45, 2.75) is 4.90 Å². The first-order valence-electron chi connectivity index (χ1n) is 7.45. The zero-order valence-corrected chi connectivity index (χ0v) is 17.0. The van der Waals surface area contributed by atoms with E-state index in [1.165, 1.54) is 19.5 Å². The maximum Gasteiger partial charge on any atom is 0.266 e. The highest BCUT2D eigenvalue weighted by Crippen LogP contribution is 2.34. The number of methoxy groups -OCH3 is 1. The second kappa shape index (κ2) is 7.87. The van der Waals surface area contributed by atoms with Crippen LogP contribution in [0.2, 0.25) is 5.02 Å². The van der Waals surface area contributed by atoms with E-state index < -0.39 is 16.7 Å². The highest BCUT2D eigenvalue weighted by atomic mass is 79.9. The zero-order chi connectivity index (χ0) is 19.6. The highest BCUT2D eigenvalue weighted by Gasteiger charge is 2.22. The molecule has 2 N–H and O–H groups in total. The smallest absolute Gasteiger partial charge is 0.266 e. The maximum absolute atomic E-state index is 12.7. The molecule has 3 aromatic rings. The van der Waals surface area contributed by atoms with E-state index in [1.54, 1.807) is 12.1 Å². The number of alkyl halides is 1. The van der Waals surface area contributed by atoms with Crippen LogP contribution in [0.5, 0.6) is 11.6 Å². The van der Waals surface area contributed by atoms with Crippen LogP contribution < -0.4 is 14.2 Å². The summed E-state index contributed by atoms with van der Waals surface area (Å²) in [6.07, 6.45) is 2.54. The average molecular weight is 480 g/mol. The highest BCUT2D eigenvalue weighted by molar-refractivity contribution is 9.10. The van der Waals surface area contributed by atoms with Crippen molar-refractivity contribution in [2.75, 3.05) is 25.1 Å². The van der Waals surface area contributed by atoms with E-state index in [2.05, 4.69) is 35.6 Å². The monoisotopic (exact) mass is 478 g/mol. The topological polar surface area (TPSA) is 106 Å². The Bertz CT molecular complexity index is 1090. The van der Waals surface area contributed by atoms with Gasteiger partial charge in [-0.1, -0.05) is 11.6 Å². The van der Waals surface area contributed by atoms with E-state index in [-0.39, 0.29) is 29.1 Å². The van der Waals surface area contributed by atoms with Gasteiger partial charge in [-0.15, -0.1) is 0 Å². The molecule has 0 amide bonds. The molecule has 0 bridgehead atoms. The van der Waals surface area contributed by atoms with Crippen molar-refractivity contribution >= 4 is 54.4 Å². The van der Waals surface area contributed by atoms with Crippen LogP contribution in [0.15, 0.2) is 33.9 Å². The number of nitrogens with one attached hydrogen (secondary N) is 2. The van der Waals surface area contributed by atoms with Crippen molar-refractivity contribution in [3.8, 4) is 11.6 Å². The Morgan fingerprint density at radius 1 is 1.41 bits per heavy atom. The lowest BCUT2D eigenvalue weighted by Gasteiger charge is -2.10. The molecule has 0 spiro atoms. The van der Waals surface area contributed by atoms with Crippen LogP contribution >= 0.6 is 27.5 Å². The maximum atomic E-state index is 12.7. The molecule has 0 saturated carbocycles. The van der Waals surface area contributed by atoms with Gasteiger partial charge in [-0.3, -0.25) is 0 Å². The quantitative estimate of drug-likeness (QED) is 0.537. The zero-order valence-electron chi connectivity index (χ0n) is 13.8. The summed E-state index contributed by atoms with van der Waals surface area (Å²) in [7, 11) is -2.68. The summed E-state index contributed by atoms with van der Waals surface area (Å²) < 4.78 is 50.7. The first kappa shape index (κ1) is 19.6. The van der Waals surface area contributed by atoms with Crippen LogP contribution in [-0.2, 0) is 10.0 Å². The summed E-state index contributed by atoms with van der Waals surface area (Å²) in [5, 5.41) is 0.881. The van der Waals surface area contributed by atoms with Crippen molar-refractivity contribution in [3.05, 3.63) is 34.0 Å². The Morgan fingerprint density at radius 3 is 2.89 bits per heavy atom. The summed E-state index contributed by atoms with van der Waals surface area (Å²) in [4.78, 5) is 10.7. The van der Waals surface area contributed by atoms with E-state index in [1.807, 2.05) is 0 Å². The molecule has 2 aromatic heterocycles. The second-order valence-corrected chi connectivity index (χ2v) is 8.00. The fourth-order valence-electron chi connectivity index (χ4n) is 2.31. The van der Waals surface area contributed by atoms with Gasteiger partial charge in [-0.2, -0.15) is 4.98 Å². The van der Waals surface area contributed by atoms with Gasteiger partial charge in [0.1, 0.15) is 18.2 Å². The van der Waals surface area contributed by atoms with Crippen LogP contribution in [0.3, 0.4) is 0 Å². The number of fused-ring (bicyclic) bond motifs is 1. The standard InChI is InChI=1S/C15H13BrClFN4O4S/c1-25-14-10(26-5-4-18)6-20-15(21-14)22-27(23,24)11-7-19-13-8(11)2-3-9(17)12(13)16/h2-3,6-7,19H,4-5H2,1H3,(H,20,21,22). The fourth-order valence-corrected chi connectivity index (χ4v) is 4.05. The number of hydrogen-bond donors (Lipinski definition) is 2. The van der Waals surface area contributed by atoms with Crippen LogP contribution in [0.25, 0.3) is 10.9 Å². The number of nitrogens with zero attached hydrogens (tertiary/aromatic N) is 2. The minimum absolute atomic E-state index is 0.00445. The number of anilines is 1. The number of aromatic amines is 1. The lowest BCUT2D eigenvalue weighted by atomic mass is 10.2. The summed E-state index contributed by atoms with van der Waals surface area (Å²) in [6.45, 7) is -0.894. The number of rotatable bonds is 7. The SMILES string of the molecule is COc1nc(NS(=O)(=O)c2c[nH]c3c(Br)c(Cl)ccc23)ncc1OCCF. The molecule has 0 unspecified atom stereocenters. The molecule has 12 heteroatoms. The molecule has 0 atom stereocenters. The number of halogens is 3. The largest absolute Gasteiger partial charge is 0.484 e. The Kier molecular flexibility index (Phi) is 5.72. The molecule has 0 aliphatic heterocycles. The first-order chi connectivity index (χ1) is 12.9. The van der Waals surface area contributed by atoms with Crippen molar-refractivity contribution in [1.29, 1.82) is 0 Å². The predicted octanol–water partition coefficient (Wildman–Crippen LogP) is 3.53. The third kappa shape index (κ3) is 3.94. The van der Waals surface area contributed by atoms with Crippen LogP contribution in [0, 0.1) is 0 Å². The number of benzene rings is 1. The van der Waals surface area contributed by atoms with Gasteiger partial charge in [-0.25, -0.2) is 22.5 Å². The third-order valence-electron chi connectivity index (χ3n) is 3.47. The van der Waals surface area contributed by atoms with E-state index in [9.17, 15) is 12.8 Å². The lowest BCUT2D eigenvalue weighted by Crippen LogP contribution is -2.15. The molecule has 1 aromatic carbocycles. The molecule has 27 heavy (non-hydrogen) atoms. The Labute approximate surface area is 167 Å². The molecule has 0 aliphatic rings. The van der Waals surface area contributed by atoms with Gasteiger partial charge >= 0.3 is 0 Å². The fraction of sp³-hybridized carbons (Fsp3) is 0.200. The normalized spacial score (nSPS) is 11.6. The van der Waals surface area contributed by atoms with Gasteiger partial charge in [0.05, 0.1) is 28.3 Å². The van der Waals surface area contributed by atoms with Gasteiger partial charge in [0.2, 0.25) is 5.95 Å². The van der Waals surface area contributed by atoms with Gasteiger partial charge in [0.15, 0.2) is 5.75 Å². The summed E-state index contributed by atoms with van der Waals surface area (Å²) in [6, 6.07) is 3.17. The van der Waals surface area contributed by atoms with Crippen LogP contribution in [-0.4, -0.2) is 43.8 Å². The molecule has 2 heterocycles. The molecular formula is C15H13BrClFN4O4S. The van der Waals surface area contributed by atoms with Crippen molar-refractivity contribution < 1.29 is 22.3 Å². The Hall–Kier alpha value is -2.11. The van der Waals surface area contributed by atoms with Gasteiger partial charge < -0.3 is 14.5 Å². The van der Waals surface area contributed by atoms with E-state index in [0.717, 1.165) is 0 Å². The number of ether oxygens (including phenoxy) is 2. The van der Waals surface area contributed by atoms with Gasteiger partial charge in [0.25, 0.3) is 15.9 Å². The van der Waals surface area contributed by atoms with E-state index in [4.69, 9.17) is 21.1 Å². The van der Waals surface area contributed by atoms with Crippen LogP contribution in [0.1, 0.15) is 0 Å². The van der Waals surface area contributed by atoms with Gasteiger partial charge in [0, 0.05) is 11.6 Å². The summed E-state index contributed by atoms with van der Waals surface area (Å²) >= 11 is 9.34. The molecule has 3 rings (SSSR count).